The van der Waals surface area contributed by atoms with Crippen LogP contribution in [-0.2, 0) is 10.4 Å². The molecule has 0 heterocycles. The van der Waals surface area contributed by atoms with E-state index in [9.17, 15) is 0 Å². The van der Waals surface area contributed by atoms with Crippen molar-refractivity contribution in [3.8, 4) is 0 Å². The molecule has 0 saturated carbocycles. The van der Waals surface area contributed by atoms with Crippen molar-refractivity contribution in [1.29, 1.82) is 5.41 Å². The molecule has 11 N–H and O–H groups in total. The van der Waals surface area contributed by atoms with Gasteiger partial charge < -0.3 is 22.4 Å². The molecular formula is CH11N3O6S. The van der Waals surface area contributed by atoms with Crippen LogP contribution in [0.4, 0.5) is 0 Å². The van der Waals surface area contributed by atoms with Crippen molar-refractivity contribution in [3.05, 3.63) is 0 Å². The summed E-state index contributed by atoms with van der Waals surface area (Å²) in [4.78, 5) is 0. The molecule has 0 aliphatic carbocycles. The van der Waals surface area contributed by atoms with E-state index in [1.165, 1.54) is 0 Å². The summed E-state index contributed by atoms with van der Waals surface area (Å²) in [6, 6.07) is 0. The lowest BCUT2D eigenvalue weighted by molar-refractivity contribution is 0.381. The Bertz CT molecular complexity index is 160. The highest BCUT2D eigenvalue weighted by Gasteiger charge is 1.84. The lowest BCUT2D eigenvalue weighted by atomic mass is 11.1. The fourth-order valence-corrected chi connectivity index (χ4v) is 0. The Morgan fingerprint density at radius 2 is 1.18 bits per heavy atom. The first kappa shape index (κ1) is 22.5. The van der Waals surface area contributed by atoms with E-state index in [0.29, 0.717) is 0 Å². The summed E-state index contributed by atoms with van der Waals surface area (Å²) in [5, 5.41) is 6.06. The fraction of sp³-hybridized carbons (Fsp3) is 0. The molecule has 0 radical (unpaired) electrons. The van der Waals surface area contributed by atoms with Crippen LogP contribution in [0.1, 0.15) is 0 Å². The first-order chi connectivity index (χ1) is 3.73. The molecule has 0 rings (SSSR count). The van der Waals surface area contributed by atoms with Gasteiger partial charge in [0.2, 0.25) is 0 Å². The number of rotatable bonds is 0. The van der Waals surface area contributed by atoms with Gasteiger partial charge in [-0.25, -0.2) is 0 Å². The van der Waals surface area contributed by atoms with Gasteiger partial charge in [0.1, 0.15) is 0 Å². The topological polar surface area (TPSA) is 213 Å². The van der Waals surface area contributed by atoms with Crippen molar-refractivity contribution in [2.45, 2.75) is 0 Å². The SMILES string of the molecule is N=C(N)N.O.O.O=S(=O)(O)O. The monoisotopic (exact) mass is 193 g/mol. The molecule has 0 aromatic rings. The molecule has 0 aliphatic heterocycles. The van der Waals surface area contributed by atoms with Crippen LogP contribution in [0.5, 0.6) is 0 Å². The molecule has 0 unspecified atom stereocenters. The third kappa shape index (κ3) is 511. The maximum Gasteiger partial charge on any atom is 0.394 e. The van der Waals surface area contributed by atoms with Crippen LogP contribution in [-0.4, -0.2) is 34.4 Å². The third-order valence-electron chi connectivity index (χ3n) is 0. The van der Waals surface area contributed by atoms with E-state index < -0.39 is 10.4 Å². The molecule has 0 fully saturated rings. The summed E-state index contributed by atoms with van der Waals surface area (Å²) < 4.78 is 31.6. The quantitative estimate of drug-likeness (QED) is 0.149. The summed E-state index contributed by atoms with van der Waals surface area (Å²) >= 11 is 0. The molecule has 9 nitrogen and oxygen atoms in total. The van der Waals surface area contributed by atoms with Crippen LogP contribution in [0.2, 0.25) is 0 Å². The largest absolute Gasteiger partial charge is 0.412 e. The lowest BCUT2D eigenvalue weighted by Crippen LogP contribution is -2.20. The lowest BCUT2D eigenvalue weighted by Gasteiger charge is -1.69. The Morgan fingerprint density at radius 3 is 1.18 bits per heavy atom. The zero-order valence-corrected chi connectivity index (χ0v) is 6.09. The average molecular weight is 193 g/mol. The minimum absolute atomic E-state index is 0. The highest BCUT2D eigenvalue weighted by molar-refractivity contribution is 7.79. The van der Waals surface area contributed by atoms with E-state index in [2.05, 4.69) is 11.5 Å². The predicted octanol–water partition coefficient (Wildman–Crippen LogP) is -3.46. The second kappa shape index (κ2) is 9.06. The van der Waals surface area contributed by atoms with Gasteiger partial charge in [0, 0.05) is 0 Å². The Morgan fingerprint density at radius 1 is 1.18 bits per heavy atom. The van der Waals surface area contributed by atoms with Crippen LogP contribution >= 0.6 is 0 Å². The minimum Gasteiger partial charge on any atom is -0.412 e. The number of guanidine groups is 1. The van der Waals surface area contributed by atoms with Gasteiger partial charge in [0.15, 0.2) is 5.96 Å². The van der Waals surface area contributed by atoms with Crippen LogP contribution in [0.15, 0.2) is 0 Å². The van der Waals surface area contributed by atoms with Crippen molar-refractivity contribution < 1.29 is 28.5 Å². The maximum atomic E-state index is 8.74. The van der Waals surface area contributed by atoms with Gasteiger partial charge in [0.25, 0.3) is 0 Å². The predicted molar refractivity (Wildman–Crippen MR) is 37.5 cm³/mol. The molecule has 0 amide bonds. The van der Waals surface area contributed by atoms with E-state index >= 15 is 0 Å². The van der Waals surface area contributed by atoms with Crippen molar-refractivity contribution in [2.24, 2.45) is 11.5 Å². The van der Waals surface area contributed by atoms with E-state index in [1.54, 1.807) is 0 Å². The second-order valence-electron chi connectivity index (χ2n) is 0.903. The summed E-state index contributed by atoms with van der Waals surface area (Å²) in [7, 11) is -4.67. The van der Waals surface area contributed by atoms with Gasteiger partial charge in [-0.15, -0.1) is 0 Å². The zero-order chi connectivity index (χ0) is 8.08. The Hall–Kier alpha value is -0.940. The number of nitrogens with one attached hydrogen (secondary N) is 1. The molecule has 10 heteroatoms. The van der Waals surface area contributed by atoms with E-state index in [4.69, 9.17) is 22.9 Å². The standard InChI is InChI=1S/CH5N3.H2O4S.2H2O/c2-1(3)4;1-5(2,3)4;;/h(H5,2,3,4);(H2,1,2,3,4);2*1H2. The second-order valence-corrected chi connectivity index (χ2v) is 1.80. The molecule has 0 aromatic carbocycles. The van der Waals surface area contributed by atoms with Gasteiger partial charge in [-0.05, 0) is 0 Å². The van der Waals surface area contributed by atoms with Crippen molar-refractivity contribution in [2.75, 3.05) is 0 Å². The number of nitrogens with two attached hydrogens (primary N) is 2. The van der Waals surface area contributed by atoms with E-state index in [0.717, 1.165) is 0 Å². The average Bonchev–Trinajstić information content (AvgIpc) is 1.19. The molecule has 11 heavy (non-hydrogen) atoms. The highest BCUT2D eigenvalue weighted by Crippen LogP contribution is 1.59. The van der Waals surface area contributed by atoms with E-state index in [1.807, 2.05) is 0 Å². The molecule has 0 aromatic heterocycles. The molecule has 0 bridgehead atoms. The van der Waals surface area contributed by atoms with Gasteiger partial charge in [-0.2, -0.15) is 8.42 Å². The van der Waals surface area contributed by atoms with Gasteiger partial charge in [-0.3, -0.25) is 14.5 Å². The highest BCUT2D eigenvalue weighted by atomic mass is 32.3. The van der Waals surface area contributed by atoms with Crippen molar-refractivity contribution in [1.82, 2.24) is 0 Å². The molecule has 0 atom stereocenters. The molecule has 72 valence electrons. The molecular weight excluding hydrogens is 182 g/mol. The third-order valence-corrected chi connectivity index (χ3v) is 0. The summed E-state index contributed by atoms with van der Waals surface area (Å²) in [5.74, 6) is -0.333. The summed E-state index contributed by atoms with van der Waals surface area (Å²) in [6.45, 7) is 0. The Balaban J connectivity index is -0.0000000383. The first-order valence-corrected chi connectivity index (χ1v) is 2.92. The van der Waals surface area contributed by atoms with Crippen LogP contribution in [0.25, 0.3) is 0 Å². The fourth-order valence-electron chi connectivity index (χ4n) is 0. The van der Waals surface area contributed by atoms with Crippen LogP contribution in [0.3, 0.4) is 0 Å². The summed E-state index contributed by atoms with van der Waals surface area (Å²) in [5.41, 5.74) is 8.94. The van der Waals surface area contributed by atoms with Gasteiger partial charge in [-0.1, -0.05) is 0 Å². The molecule has 0 saturated heterocycles. The maximum absolute atomic E-state index is 8.74. The Labute approximate surface area is 62.7 Å². The van der Waals surface area contributed by atoms with Gasteiger partial charge in [0.05, 0.1) is 0 Å². The minimum atomic E-state index is -4.67. The smallest absolute Gasteiger partial charge is 0.394 e. The van der Waals surface area contributed by atoms with E-state index in [-0.39, 0.29) is 16.9 Å². The molecule has 0 aliphatic rings. The van der Waals surface area contributed by atoms with Crippen LogP contribution in [0, 0.1) is 5.41 Å². The summed E-state index contributed by atoms with van der Waals surface area (Å²) in [6.07, 6.45) is 0. The van der Waals surface area contributed by atoms with Crippen LogP contribution < -0.4 is 11.5 Å². The first-order valence-electron chi connectivity index (χ1n) is 1.53. The van der Waals surface area contributed by atoms with Crippen molar-refractivity contribution >= 4 is 16.4 Å². The number of hydrogen-bond acceptors (Lipinski definition) is 3. The normalized spacial score (nSPS) is 7.45. The zero-order valence-electron chi connectivity index (χ0n) is 5.27. The molecule has 0 spiro atoms. The Kier molecular flexibility index (Phi) is 18.5. The van der Waals surface area contributed by atoms with Gasteiger partial charge >= 0.3 is 10.4 Å². The number of hydrogen-bond donors (Lipinski definition) is 5. The van der Waals surface area contributed by atoms with Crippen molar-refractivity contribution in [3.63, 3.8) is 0 Å².